The molecule has 0 bridgehead atoms. The highest BCUT2D eigenvalue weighted by Crippen LogP contribution is 2.20. The van der Waals surface area contributed by atoms with Crippen molar-refractivity contribution in [2.75, 3.05) is 44.8 Å². The number of rotatable bonds is 4. The lowest BCUT2D eigenvalue weighted by molar-refractivity contribution is -0.134. The molecule has 1 aliphatic rings. The minimum atomic E-state index is -0.551. The average molecular weight is 350 g/mol. The first-order valence-corrected chi connectivity index (χ1v) is 6.97. The molecule has 1 amide bonds. The summed E-state index contributed by atoms with van der Waals surface area (Å²) in [5.41, 5.74) is 8.32. The fourth-order valence-corrected chi connectivity index (χ4v) is 2.57. The van der Waals surface area contributed by atoms with Crippen LogP contribution >= 0.6 is 24.8 Å². The molecule has 0 aliphatic carbocycles. The molecule has 7 heteroatoms. The van der Waals surface area contributed by atoms with Crippen LogP contribution in [0.5, 0.6) is 0 Å². The molecule has 22 heavy (non-hydrogen) atoms. The van der Waals surface area contributed by atoms with Gasteiger partial charge in [-0.15, -0.1) is 24.8 Å². The molecule has 2 rings (SSSR count). The molecular weight excluding hydrogens is 325 g/mol. The fraction of sp³-hybridized carbons (Fsp3) is 0.533. The monoisotopic (exact) mass is 349 g/mol. The van der Waals surface area contributed by atoms with E-state index in [2.05, 4.69) is 24.0 Å². The molecule has 1 atom stereocenters. The van der Waals surface area contributed by atoms with Crippen molar-refractivity contribution in [3.63, 3.8) is 0 Å². The van der Waals surface area contributed by atoms with Crippen LogP contribution in [0.2, 0.25) is 0 Å². The summed E-state index contributed by atoms with van der Waals surface area (Å²) in [7, 11) is 1.56. The molecule has 1 fully saturated rings. The standard InChI is InChI=1S/C15H23N3O2.2ClH/c1-12-5-3-4-6-14(12)17-7-9-18(10-8-17)15(19)13(16)11-20-2;;/h3-6,13H,7-11,16H2,1-2H3;2*1H. The number of halogens is 2. The molecule has 0 aromatic heterocycles. The number of carbonyl (C=O) groups is 1. The van der Waals surface area contributed by atoms with Crippen LogP contribution in [0.1, 0.15) is 5.56 Å². The highest BCUT2D eigenvalue weighted by molar-refractivity contribution is 5.85. The van der Waals surface area contributed by atoms with Gasteiger partial charge in [-0.25, -0.2) is 0 Å². The van der Waals surface area contributed by atoms with Gasteiger partial charge in [0, 0.05) is 39.0 Å². The van der Waals surface area contributed by atoms with Crippen LogP contribution in [0.4, 0.5) is 5.69 Å². The van der Waals surface area contributed by atoms with E-state index in [9.17, 15) is 4.79 Å². The summed E-state index contributed by atoms with van der Waals surface area (Å²) in [6, 6.07) is 7.78. The zero-order valence-electron chi connectivity index (χ0n) is 13.0. The predicted molar refractivity (Wildman–Crippen MR) is 94.3 cm³/mol. The molecule has 0 radical (unpaired) electrons. The van der Waals surface area contributed by atoms with Crippen molar-refractivity contribution < 1.29 is 9.53 Å². The third-order valence-electron chi connectivity index (χ3n) is 3.71. The maximum absolute atomic E-state index is 12.1. The Hall–Kier alpha value is -1.01. The highest BCUT2D eigenvalue weighted by Gasteiger charge is 2.25. The Morgan fingerprint density at radius 1 is 1.23 bits per heavy atom. The third-order valence-corrected chi connectivity index (χ3v) is 3.71. The second-order valence-electron chi connectivity index (χ2n) is 5.16. The van der Waals surface area contributed by atoms with Gasteiger partial charge < -0.3 is 20.3 Å². The van der Waals surface area contributed by atoms with Crippen molar-refractivity contribution in [3.8, 4) is 0 Å². The lowest BCUT2D eigenvalue weighted by Gasteiger charge is -2.37. The topological polar surface area (TPSA) is 58.8 Å². The van der Waals surface area contributed by atoms with Gasteiger partial charge in [0.2, 0.25) is 5.91 Å². The van der Waals surface area contributed by atoms with Crippen LogP contribution < -0.4 is 10.6 Å². The van der Waals surface area contributed by atoms with E-state index in [1.54, 1.807) is 7.11 Å². The van der Waals surface area contributed by atoms with E-state index in [4.69, 9.17) is 10.5 Å². The molecular formula is C15H25Cl2N3O2. The summed E-state index contributed by atoms with van der Waals surface area (Å²) >= 11 is 0. The van der Waals surface area contributed by atoms with Gasteiger partial charge in [0.1, 0.15) is 6.04 Å². The maximum atomic E-state index is 12.1. The first-order chi connectivity index (χ1) is 9.63. The molecule has 126 valence electrons. The number of ether oxygens (including phenoxy) is 1. The molecule has 1 heterocycles. The van der Waals surface area contributed by atoms with Crippen LogP contribution in [0, 0.1) is 6.92 Å². The highest BCUT2D eigenvalue weighted by atomic mass is 35.5. The quantitative estimate of drug-likeness (QED) is 0.893. The van der Waals surface area contributed by atoms with E-state index in [0.717, 1.165) is 13.1 Å². The first kappa shape index (κ1) is 21.0. The molecule has 2 N–H and O–H groups in total. The number of nitrogens with zero attached hydrogens (tertiary/aromatic N) is 2. The molecule has 1 aromatic rings. The summed E-state index contributed by atoms with van der Waals surface area (Å²) in [5, 5.41) is 0. The van der Waals surface area contributed by atoms with Crippen molar-refractivity contribution in [1.82, 2.24) is 4.90 Å². The van der Waals surface area contributed by atoms with E-state index in [1.807, 2.05) is 17.0 Å². The number of carbonyl (C=O) groups excluding carboxylic acids is 1. The Morgan fingerprint density at radius 2 is 1.82 bits per heavy atom. The molecule has 0 spiro atoms. The second kappa shape index (κ2) is 9.90. The molecule has 1 saturated heterocycles. The zero-order valence-corrected chi connectivity index (χ0v) is 14.7. The van der Waals surface area contributed by atoms with Crippen molar-refractivity contribution in [1.29, 1.82) is 0 Å². The van der Waals surface area contributed by atoms with Crippen LogP contribution in [-0.4, -0.2) is 56.7 Å². The number of anilines is 1. The van der Waals surface area contributed by atoms with E-state index in [0.29, 0.717) is 13.1 Å². The van der Waals surface area contributed by atoms with Crippen molar-refractivity contribution in [2.24, 2.45) is 5.73 Å². The lowest BCUT2D eigenvalue weighted by Crippen LogP contribution is -2.54. The van der Waals surface area contributed by atoms with Crippen molar-refractivity contribution in [3.05, 3.63) is 29.8 Å². The number of para-hydroxylation sites is 1. The average Bonchev–Trinajstić information content (AvgIpc) is 2.47. The normalized spacial score (nSPS) is 15.6. The van der Waals surface area contributed by atoms with E-state index in [-0.39, 0.29) is 37.3 Å². The van der Waals surface area contributed by atoms with Gasteiger partial charge in [-0.2, -0.15) is 0 Å². The van der Waals surface area contributed by atoms with Crippen LogP contribution in [-0.2, 0) is 9.53 Å². The van der Waals surface area contributed by atoms with Gasteiger partial charge >= 0.3 is 0 Å². The van der Waals surface area contributed by atoms with Crippen molar-refractivity contribution in [2.45, 2.75) is 13.0 Å². The minimum absolute atomic E-state index is 0. The first-order valence-electron chi connectivity index (χ1n) is 6.97. The van der Waals surface area contributed by atoms with Gasteiger partial charge in [0.05, 0.1) is 6.61 Å². The summed E-state index contributed by atoms with van der Waals surface area (Å²) in [6.45, 7) is 5.50. The number of amides is 1. The van der Waals surface area contributed by atoms with Gasteiger partial charge in [0.15, 0.2) is 0 Å². The van der Waals surface area contributed by atoms with Crippen molar-refractivity contribution >= 4 is 36.4 Å². The van der Waals surface area contributed by atoms with Crippen LogP contribution in [0.15, 0.2) is 24.3 Å². The number of aryl methyl sites for hydroxylation is 1. The largest absolute Gasteiger partial charge is 0.383 e. The van der Waals surface area contributed by atoms with Crippen LogP contribution in [0.3, 0.4) is 0 Å². The molecule has 1 aromatic carbocycles. The molecule has 0 saturated carbocycles. The number of benzene rings is 1. The molecule has 1 unspecified atom stereocenters. The molecule has 1 aliphatic heterocycles. The number of nitrogens with two attached hydrogens (primary N) is 1. The Labute approximate surface area is 144 Å². The predicted octanol–water partition coefficient (Wildman–Crippen LogP) is 1.46. The summed E-state index contributed by atoms with van der Waals surface area (Å²) in [4.78, 5) is 16.3. The summed E-state index contributed by atoms with van der Waals surface area (Å²) in [6.07, 6.45) is 0. The fourth-order valence-electron chi connectivity index (χ4n) is 2.57. The van der Waals surface area contributed by atoms with Gasteiger partial charge in [-0.1, -0.05) is 18.2 Å². The summed E-state index contributed by atoms with van der Waals surface area (Å²) < 4.78 is 4.94. The van der Waals surface area contributed by atoms with E-state index >= 15 is 0 Å². The minimum Gasteiger partial charge on any atom is -0.383 e. The number of piperazine rings is 1. The number of methoxy groups -OCH3 is 1. The van der Waals surface area contributed by atoms with Gasteiger partial charge in [0.25, 0.3) is 0 Å². The Kier molecular flexibility index (Phi) is 9.44. The maximum Gasteiger partial charge on any atom is 0.241 e. The van der Waals surface area contributed by atoms with Gasteiger partial charge in [-0.3, -0.25) is 4.79 Å². The Bertz CT molecular complexity index is 466. The number of hydrogen-bond acceptors (Lipinski definition) is 4. The number of hydrogen-bond donors (Lipinski definition) is 1. The van der Waals surface area contributed by atoms with Gasteiger partial charge in [-0.05, 0) is 18.6 Å². The Balaban J connectivity index is 0.00000220. The van der Waals surface area contributed by atoms with E-state index < -0.39 is 6.04 Å². The SMILES string of the molecule is COCC(N)C(=O)N1CCN(c2ccccc2C)CC1.Cl.Cl. The zero-order chi connectivity index (χ0) is 14.5. The second-order valence-corrected chi connectivity index (χ2v) is 5.16. The van der Waals surface area contributed by atoms with Crippen LogP contribution in [0.25, 0.3) is 0 Å². The van der Waals surface area contributed by atoms with E-state index in [1.165, 1.54) is 11.3 Å². The third kappa shape index (κ3) is 5.02. The molecule has 5 nitrogen and oxygen atoms in total. The Morgan fingerprint density at radius 3 is 2.36 bits per heavy atom. The lowest BCUT2D eigenvalue weighted by atomic mass is 10.1. The smallest absolute Gasteiger partial charge is 0.241 e. The summed E-state index contributed by atoms with van der Waals surface area (Å²) in [5.74, 6) is -0.0173.